The van der Waals surface area contributed by atoms with E-state index in [2.05, 4.69) is 4.74 Å². The summed E-state index contributed by atoms with van der Waals surface area (Å²) in [6.07, 6.45) is 0. The molecule has 2 N–H and O–H groups in total. The Bertz CT molecular complexity index is 424. The maximum atomic E-state index is 13.7. The Morgan fingerprint density at radius 3 is 2.61 bits per heavy atom. The highest BCUT2D eigenvalue weighted by Crippen LogP contribution is 2.35. The van der Waals surface area contributed by atoms with Crippen molar-refractivity contribution in [1.82, 2.24) is 0 Å². The Hall–Kier alpha value is -1.69. The number of hydrogen-bond acceptors (Lipinski definition) is 4. The van der Waals surface area contributed by atoms with Gasteiger partial charge in [-0.3, -0.25) is 0 Å². The lowest BCUT2D eigenvalue weighted by molar-refractivity contribution is -0.174. The first-order valence-corrected chi connectivity index (χ1v) is 5.38. The molecular formula is C12H15F2NO3. The van der Waals surface area contributed by atoms with Crippen LogP contribution in [0.5, 0.6) is 5.75 Å². The number of para-hydroxylation sites is 1. The number of ether oxygens (including phenoxy) is 2. The molecule has 6 heteroatoms. The van der Waals surface area contributed by atoms with Crippen LogP contribution in [-0.4, -0.2) is 25.6 Å². The molecule has 1 atom stereocenters. The van der Waals surface area contributed by atoms with Crippen molar-refractivity contribution in [3.05, 3.63) is 29.8 Å². The second-order valence-corrected chi connectivity index (χ2v) is 3.56. The van der Waals surface area contributed by atoms with Crippen molar-refractivity contribution in [1.29, 1.82) is 0 Å². The van der Waals surface area contributed by atoms with Gasteiger partial charge in [0.2, 0.25) is 0 Å². The molecule has 1 aromatic carbocycles. The predicted octanol–water partition coefficient (Wildman–Crippen LogP) is 1.89. The molecule has 0 spiro atoms. The van der Waals surface area contributed by atoms with Crippen LogP contribution in [0.4, 0.5) is 8.78 Å². The molecular weight excluding hydrogens is 244 g/mol. The van der Waals surface area contributed by atoms with E-state index in [0.717, 1.165) is 0 Å². The van der Waals surface area contributed by atoms with Crippen molar-refractivity contribution in [2.75, 3.05) is 13.7 Å². The molecule has 0 radical (unpaired) electrons. The number of nitrogens with two attached hydrogens (primary N) is 1. The van der Waals surface area contributed by atoms with Crippen molar-refractivity contribution < 1.29 is 23.0 Å². The summed E-state index contributed by atoms with van der Waals surface area (Å²) in [6.45, 7) is 1.32. The van der Waals surface area contributed by atoms with Crippen LogP contribution in [0.3, 0.4) is 0 Å². The maximum Gasteiger partial charge on any atom is 0.379 e. The third-order valence-corrected chi connectivity index (χ3v) is 2.41. The van der Waals surface area contributed by atoms with Crippen molar-refractivity contribution in [2.45, 2.75) is 18.9 Å². The fourth-order valence-corrected chi connectivity index (χ4v) is 1.47. The van der Waals surface area contributed by atoms with Crippen molar-refractivity contribution >= 4 is 5.97 Å². The Morgan fingerprint density at radius 1 is 1.44 bits per heavy atom. The van der Waals surface area contributed by atoms with Gasteiger partial charge in [0.25, 0.3) is 0 Å². The van der Waals surface area contributed by atoms with Gasteiger partial charge < -0.3 is 15.2 Å². The van der Waals surface area contributed by atoms with Crippen molar-refractivity contribution in [2.24, 2.45) is 5.73 Å². The van der Waals surface area contributed by atoms with Gasteiger partial charge in [-0.1, -0.05) is 18.2 Å². The van der Waals surface area contributed by atoms with E-state index in [1.165, 1.54) is 26.2 Å². The minimum Gasteiger partial charge on any atom is -0.496 e. The number of alkyl halides is 2. The van der Waals surface area contributed by atoms with Crippen LogP contribution in [0.25, 0.3) is 0 Å². The number of esters is 1. The summed E-state index contributed by atoms with van der Waals surface area (Å²) in [4.78, 5) is 11.2. The summed E-state index contributed by atoms with van der Waals surface area (Å²) < 4.78 is 36.7. The molecule has 0 aliphatic carbocycles. The number of rotatable bonds is 5. The largest absolute Gasteiger partial charge is 0.496 e. The van der Waals surface area contributed by atoms with E-state index in [1.54, 1.807) is 12.1 Å². The smallest absolute Gasteiger partial charge is 0.379 e. The third kappa shape index (κ3) is 2.76. The fraction of sp³-hybridized carbons (Fsp3) is 0.417. The topological polar surface area (TPSA) is 61.5 Å². The molecule has 0 bridgehead atoms. The molecule has 4 nitrogen and oxygen atoms in total. The average Bonchev–Trinajstić information content (AvgIpc) is 2.38. The van der Waals surface area contributed by atoms with Crippen molar-refractivity contribution in [3.8, 4) is 5.75 Å². The Balaban J connectivity index is 3.05. The van der Waals surface area contributed by atoms with E-state index >= 15 is 0 Å². The highest BCUT2D eigenvalue weighted by atomic mass is 19.3. The summed E-state index contributed by atoms with van der Waals surface area (Å²) in [7, 11) is 1.34. The Morgan fingerprint density at radius 2 is 2.06 bits per heavy atom. The Labute approximate surface area is 104 Å². The fourth-order valence-electron chi connectivity index (χ4n) is 1.47. The van der Waals surface area contributed by atoms with E-state index in [0.29, 0.717) is 0 Å². The first kappa shape index (κ1) is 14.4. The molecule has 100 valence electrons. The zero-order chi connectivity index (χ0) is 13.8. The summed E-state index contributed by atoms with van der Waals surface area (Å²) in [5.74, 6) is -5.23. The lowest BCUT2D eigenvalue weighted by Crippen LogP contribution is -2.41. The van der Waals surface area contributed by atoms with Crippen LogP contribution in [0, 0.1) is 0 Å². The van der Waals surface area contributed by atoms with Gasteiger partial charge in [0.1, 0.15) is 11.8 Å². The molecule has 0 heterocycles. The Kier molecular flexibility index (Phi) is 4.61. The zero-order valence-electron chi connectivity index (χ0n) is 10.2. The van der Waals surface area contributed by atoms with Gasteiger partial charge in [0, 0.05) is 5.56 Å². The van der Waals surface area contributed by atoms with E-state index in [1.807, 2.05) is 0 Å². The number of carbonyl (C=O) groups excluding carboxylic acids is 1. The molecule has 0 saturated heterocycles. The van der Waals surface area contributed by atoms with Crippen LogP contribution in [0.15, 0.2) is 24.3 Å². The monoisotopic (exact) mass is 259 g/mol. The third-order valence-electron chi connectivity index (χ3n) is 2.41. The quantitative estimate of drug-likeness (QED) is 0.820. The first-order chi connectivity index (χ1) is 8.45. The molecule has 1 aromatic rings. The molecule has 0 aromatic heterocycles. The minimum atomic E-state index is -3.80. The minimum absolute atomic E-state index is 0.0538. The normalized spacial score (nSPS) is 12.9. The van der Waals surface area contributed by atoms with Crippen LogP contribution in [0.2, 0.25) is 0 Å². The summed E-state index contributed by atoms with van der Waals surface area (Å²) in [6, 6.07) is 4.23. The molecule has 0 aliphatic heterocycles. The van der Waals surface area contributed by atoms with E-state index < -0.39 is 17.9 Å². The lowest BCUT2D eigenvalue weighted by atomic mass is 10.0. The number of benzene rings is 1. The second kappa shape index (κ2) is 5.77. The maximum absolute atomic E-state index is 13.7. The first-order valence-electron chi connectivity index (χ1n) is 5.38. The second-order valence-electron chi connectivity index (χ2n) is 3.56. The standard InChI is InChI=1S/C12H15F2NO3/c1-3-18-11(16)12(13,14)10(15)8-6-4-5-7-9(8)17-2/h4-7,10H,3,15H2,1-2H3/t10-/m0/s1. The molecule has 18 heavy (non-hydrogen) atoms. The summed E-state index contributed by atoms with van der Waals surface area (Å²) >= 11 is 0. The number of halogens is 2. The average molecular weight is 259 g/mol. The van der Waals surface area contributed by atoms with Gasteiger partial charge in [0.15, 0.2) is 0 Å². The van der Waals surface area contributed by atoms with E-state index in [9.17, 15) is 13.6 Å². The molecule has 0 fully saturated rings. The summed E-state index contributed by atoms with van der Waals surface area (Å²) in [5.41, 5.74) is 5.50. The number of hydrogen-bond donors (Lipinski definition) is 1. The molecule has 0 unspecified atom stereocenters. The highest BCUT2D eigenvalue weighted by Gasteiger charge is 2.48. The van der Waals surface area contributed by atoms with Crippen LogP contribution in [0.1, 0.15) is 18.5 Å². The van der Waals surface area contributed by atoms with Gasteiger partial charge in [-0.2, -0.15) is 8.78 Å². The number of carbonyl (C=O) groups is 1. The van der Waals surface area contributed by atoms with Gasteiger partial charge >= 0.3 is 11.9 Å². The van der Waals surface area contributed by atoms with Gasteiger partial charge in [-0.15, -0.1) is 0 Å². The lowest BCUT2D eigenvalue weighted by Gasteiger charge is -2.23. The predicted molar refractivity (Wildman–Crippen MR) is 61.5 cm³/mol. The number of methoxy groups -OCH3 is 1. The van der Waals surface area contributed by atoms with Gasteiger partial charge in [-0.05, 0) is 13.0 Å². The molecule has 0 aliphatic rings. The van der Waals surface area contributed by atoms with Crippen molar-refractivity contribution in [3.63, 3.8) is 0 Å². The highest BCUT2D eigenvalue weighted by molar-refractivity contribution is 5.79. The molecule has 1 rings (SSSR count). The molecule has 0 saturated carbocycles. The van der Waals surface area contributed by atoms with Crippen LogP contribution < -0.4 is 10.5 Å². The van der Waals surface area contributed by atoms with Gasteiger partial charge in [0.05, 0.1) is 13.7 Å². The SMILES string of the molecule is CCOC(=O)C(F)(F)[C@@H](N)c1ccccc1OC. The van der Waals surface area contributed by atoms with E-state index in [4.69, 9.17) is 10.5 Å². The van der Waals surface area contributed by atoms with Gasteiger partial charge in [-0.25, -0.2) is 4.79 Å². The summed E-state index contributed by atoms with van der Waals surface area (Å²) in [5, 5.41) is 0. The van der Waals surface area contributed by atoms with Crippen LogP contribution >= 0.6 is 0 Å². The molecule has 0 amide bonds. The zero-order valence-corrected chi connectivity index (χ0v) is 10.2. The van der Waals surface area contributed by atoms with E-state index in [-0.39, 0.29) is 17.9 Å². The van der Waals surface area contributed by atoms with Crippen LogP contribution in [-0.2, 0) is 9.53 Å².